The lowest BCUT2D eigenvalue weighted by molar-refractivity contribution is 0.752. The number of pyridine rings is 2. The van der Waals surface area contributed by atoms with Gasteiger partial charge in [0.05, 0.1) is 12.1 Å². The smallest absolute Gasteiger partial charge is 0.253 e. The van der Waals surface area contributed by atoms with Crippen molar-refractivity contribution in [3.8, 4) is 0 Å². The zero-order valence-electron chi connectivity index (χ0n) is 11.7. The number of hydrogen-bond acceptors (Lipinski definition) is 4. The van der Waals surface area contributed by atoms with Crippen molar-refractivity contribution in [3.05, 3.63) is 70.1 Å². The van der Waals surface area contributed by atoms with Gasteiger partial charge in [-0.1, -0.05) is 24.3 Å². The van der Waals surface area contributed by atoms with Gasteiger partial charge in [-0.2, -0.15) is 0 Å². The number of anilines is 1. The SMILES string of the molecule is Cc1cccn(Cc2cc3ccccc3nc2NN)c1=O. The van der Waals surface area contributed by atoms with E-state index in [1.165, 1.54) is 0 Å². The highest BCUT2D eigenvalue weighted by molar-refractivity contribution is 5.81. The van der Waals surface area contributed by atoms with Crippen LogP contribution in [0.1, 0.15) is 11.1 Å². The van der Waals surface area contributed by atoms with Crippen LogP contribution in [0.25, 0.3) is 10.9 Å². The predicted molar refractivity (Wildman–Crippen MR) is 84.1 cm³/mol. The maximum atomic E-state index is 12.1. The second kappa shape index (κ2) is 5.38. The number of fused-ring (bicyclic) bond motifs is 1. The van der Waals surface area contributed by atoms with Crippen LogP contribution in [0.3, 0.4) is 0 Å². The number of para-hydroxylation sites is 1. The third-order valence-corrected chi connectivity index (χ3v) is 3.49. The van der Waals surface area contributed by atoms with Crippen molar-refractivity contribution >= 4 is 16.7 Å². The van der Waals surface area contributed by atoms with Crippen LogP contribution in [-0.2, 0) is 6.54 Å². The molecule has 0 saturated carbocycles. The minimum atomic E-state index is -0.00590. The first-order valence-corrected chi connectivity index (χ1v) is 6.70. The molecule has 2 aromatic heterocycles. The van der Waals surface area contributed by atoms with Crippen molar-refractivity contribution in [2.45, 2.75) is 13.5 Å². The molecule has 3 N–H and O–H groups in total. The third kappa shape index (κ3) is 2.51. The maximum Gasteiger partial charge on any atom is 0.253 e. The number of nitrogens with one attached hydrogen (secondary N) is 1. The predicted octanol–water partition coefficient (Wildman–Crippen LogP) is 2.04. The molecule has 0 radical (unpaired) electrons. The van der Waals surface area contributed by atoms with E-state index >= 15 is 0 Å². The van der Waals surface area contributed by atoms with Crippen molar-refractivity contribution < 1.29 is 0 Å². The minimum Gasteiger partial charge on any atom is -0.311 e. The fourth-order valence-corrected chi connectivity index (χ4v) is 2.37. The van der Waals surface area contributed by atoms with Crippen LogP contribution in [0.4, 0.5) is 5.82 Å². The molecule has 0 aliphatic heterocycles. The Hall–Kier alpha value is -2.66. The van der Waals surface area contributed by atoms with E-state index in [0.717, 1.165) is 16.5 Å². The summed E-state index contributed by atoms with van der Waals surface area (Å²) in [5, 5.41) is 1.02. The third-order valence-electron chi connectivity index (χ3n) is 3.49. The van der Waals surface area contributed by atoms with Gasteiger partial charge in [0.25, 0.3) is 5.56 Å². The zero-order valence-corrected chi connectivity index (χ0v) is 11.7. The van der Waals surface area contributed by atoms with Crippen molar-refractivity contribution in [2.75, 3.05) is 5.43 Å². The summed E-state index contributed by atoms with van der Waals surface area (Å²) in [5.74, 6) is 6.15. The quantitative estimate of drug-likeness (QED) is 0.569. The number of hydrogen-bond donors (Lipinski definition) is 2. The van der Waals surface area contributed by atoms with Crippen molar-refractivity contribution in [1.29, 1.82) is 0 Å². The van der Waals surface area contributed by atoms with E-state index in [1.807, 2.05) is 36.4 Å². The molecule has 3 rings (SSSR count). The molecule has 0 aliphatic carbocycles. The van der Waals surface area contributed by atoms with Gasteiger partial charge < -0.3 is 9.99 Å². The van der Waals surface area contributed by atoms with Gasteiger partial charge in [0.15, 0.2) is 0 Å². The summed E-state index contributed by atoms with van der Waals surface area (Å²) < 4.78 is 1.65. The van der Waals surface area contributed by atoms with Crippen LogP contribution in [0.2, 0.25) is 0 Å². The Morgan fingerprint density at radius 1 is 1.24 bits per heavy atom. The monoisotopic (exact) mass is 280 g/mol. The average molecular weight is 280 g/mol. The Bertz CT molecular complexity index is 854. The molecule has 21 heavy (non-hydrogen) atoms. The lowest BCUT2D eigenvalue weighted by Crippen LogP contribution is -2.23. The Morgan fingerprint density at radius 3 is 2.86 bits per heavy atom. The van der Waals surface area contributed by atoms with Gasteiger partial charge >= 0.3 is 0 Å². The van der Waals surface area contributed by atoms with E-state index in [2.05, 4.69) is 10.4 Å². The Labute approximate surface area is 122 Å². The van der Waals surface area contributed by atoms with Gasteiger partial charge in [0.2, 0.25) is 0 Å². The Morgan fingerprint density at radius 2 is 2.05 bits per heavy atom. The molecule has 0 fully saturated rings. The highest BCUT2D eigenvalue weighted by Gasteiger charge is 2.08. The van der Waals surface area contributed by atoms with Crippen molar-refractivity contribution in [1.82, 2.24) is 9.55 Å². The molecule has 0 aliphatic rings. The first-order chi connectivity index (χ1) is 10.2. The molecule has 0 atom stereocenters. The van der Waals surface area contributed by atoms with Crippen molar-refractivity contribution in [2.24, 2.45) is 5.84 Å². The second-order valence-corrected chi connectivity index (χ2v) is 4.96. The number of aromatic nitrogens is 2. The molecule has 0 saturated heterocycles. The topological polar surface area (TPSA) is 72.9 Å². The highest BCUT2D eigenvalue weighted by Crippen LogP contribution is 2.20. The summed E-state index contributed by atoms with van der Waals surface area (Å²) in [6.07, 6.45) is 1.77. The molecule has 0 bridgehead atoms. The molecule has 5 nitrogen and oxygen atoms in total. The van der Waals surface area contributed by atoms with Gasteiger partial charge in [0.1, 0.15) is 5.82 Å². The van der Waals surface area contributed by atoms with Gasteiger partial charge in [-0.15, -0.1) is 0 Å². The molecule has 106 valence electrons. The van der Waals surface area contributed by atoms with E-state index in [4.69, 9.17) is 5.84 Å². The van der Waals surface area contributed by atoms with Crippen molar-refractivity contribution in [3.63, 3.8) is 0 Å². The molecule has 1 aromatic carbocycles. The summed E-state index contributed by atoms with van der Waals surface area (Å²) in [6.45, 7) is 2.23. The van der Waals surface area contributed by atoms with E-state index in [1.54, 1.807) is 23.8 Å². The Kier molecular flexibility index (Phi) is 3.41. The number of benzene rings is 1. The number of nitrogens with two attached hydrogens (primary N) is 1. The lowest BCUT2D eigenvalue weighted by Gasteiger charge is -2.12. The second-order valence-electron chi connectivity index (χ2n) is 4.96. The molecule has 5 heteroatoms. The number of aryl methyl sites for hydroxylation is 1. The lowest BCUT2D eigenvalue weighted by atomic mass is 10.1. The molecule has 3 aromatic rings. The van der Waals surface area contributed by atoms with E-state index in [-0.39, 0.29) is 5.56 Å². The first-order valence-electron chi connectivity index (χ1n) is 6.70. The largest absolute Gasteiger partial charge is 0.311 e. The number of nitrogens with zero attached hydrogens (tertiary/aromatic N) is 2. The maximum absolute atomic E-state index is 12.1. The van der Waals surface area contributed by atoms with Gasteiger partial charge in [-0.25, -0.2) is 10.8 Å². The number of hydrazine groups is 1. The summed E-state index contributed by atoms with van der Waals surface area (Å²) in [7, 11) is 0. The summed E-state index contributed by atoms with van der Waals surface area (Å²) in [4.78, 5) is 16.6. The van der Waals surface area contributed by atoms with Gasteiger partial charge in [-0.3, -0.25) is 4.79 Å². The van der Waals surface area contributed by atoms with Crippen LogP contribution in [-0.4, -0.2) is 9.55 Å². The van der Waals surface area contributed by atoms with E-state index in [0.29, 0.717) is 17.9 Å². The number of rotatable bonds is 3. The summed E-state index contributed by atoms with van der Waals surface area (Å²) >= 11 is 0. The molecular formula is C16H16N4O. The molecule has 0 spiro atoms. The molecule has 2 heterocycles. The fourth-order valence-electron chi connectivity index (χ4n) is 2.37. The standard InChI is InChI=1S/C16H16N4O/c1-11-5-4-8-20(16(11)21)10-13-9-12-6-2-3-7-14(12)18-15(13)19-17/h2-9H,10,17H2,1H3,(H,18,19). The molecular weight excluding hydrogens is 264 g/mol. The van der Waals surface area contributed by atoms with Gasteiger partial charge in [-0.05, 0) is 25.1 Å². The van der Waals surface area contributed by atoms with E-state index in [9.17, 15) is 4.79 Å². The molecule has 0 unspecified atom stereocenters. The van der Waals surface area contributed by atoms with Gasteiger partial charge in [0, 0.05) is 22.7 Å². The normalized spacial score (nSPS) is 10.8. The minimum absolute atomic E-state index is 0.00590. The van der Waals surface area contributed by atoms with Crippen LogP contribution in [0.5, 0.6) is 0 Å². The van der Waals surface area contributed by atoms with Crippen LogP contribution >= 0.6 is 0 Å². The van der Waals surface area contributed by atoms with Crippen LogP contribution in [0.15, 0.2) is 53.5 Å². The fraction of sp³-hybridized carbons (Fsp3) is 0.125. The number of nitrogen functional groups attached to an aromatic ring is 1. The summed E-state index contributed by atoms with van der Waals surface area (Å²) in [5.41, 5.74) is 5.07. The van der Waals surface area contributed by atoms with Crippen LogP contribution < -0.4 is 16.8 Å². The Balaban J connectivity index is 2.11. The first kappa shape index (κ1) is 13.3. The highest BCUT2D eigenvalue weighted by atomic mass is 16.1. The van der Waals surface area contributed by atoms with E-state index < -0.39 is 0 Å². The summed E-state index contributed by atoms with van der Waals surface area (Å²) in [6, 6.07) is 13.5. The van der Waals surface area contributed by atoms with Crippen LogP contribution in [0, 0.1) is 6.92 Å². The average Bonchev–Trinajstić information content (AvgIpc) is 2.51. The molecule has 0 amide bonds. The zero-order chi connectivity index (χ0) is 14.8.